The van der Waals surface area contributed by atoms with Crippen molar-refractivity contribution in [3.8, 4) is 11.1 Å². The van der Waals surface area contributed by atoms with Gasteiger partial charge in [0.05, 0.1) is 11.7 Å². The van der Waals surface area contributed by atoms with Gasteiger partial charge in [-0.05, 0) is 61.4 Å². The molecule has 42 heavy (non-hydrogen) atoms. The lowest BCUT2D eigenvalue weighted by Gasteiger charge is -2.22. The molecule has 12 heteroatoms. The summed E-state index contributed by atoms with van der Waals surface area (Å²) in [7, 11) is 0. The minimum absolute atomic E-state index is 0.00839. The number of aromatic amines is 1. The summed E-state index contributed by atoms with van der Waals surface area (Å²) in [6.07, 6.45) is 5.89. The van der Waals surface area contributed by atoms with E-state index >= 15 is 0 Å². The minimum Gasteiger partial charge on any atom is -0.346 e. The lowest BCUT2D eigenvalue weighted by molar-refractivity contribution is -0.122. The van der Waals surface area contributed by atoms with Crippen LogP contribution in [-0.4, -0.2) is 35.6 Å². The molecule has 4 heterocycles. The molecule has 7 rings (SSSR count). The zero-order valence-corrected chi connectivity index (χ0v) is 22.2. The molecule has 1 saturated carbocycles. The molecule has 1 fully saturated rings. The predicted octanol–water partition coefficient (Wildman–Crippen LogP) is 5.58. The molecule has 8 nitrogen and oxygen atoms in total. The number of nitrogens with one attached hydrogen (secondary N) is 2. The molecule has 4 aromatic heterocycles. The van der Waals surface area contributed by atoms with Crippen LogP contribution in [0.1, 0.15) is 59.4 Å². The first-order chi connectivity index (χ1) is 20.3. The normalized spacial score (nSPS) is 18.1. The smallest absolute Gasteiger partial charge is 0.282 e. The van der Waals surface area contributed by atoms with E-state index in [0.29, 0.717) is 51.6 Å². The lowest BCUT2D eigenvalue weighted by atomic mass is 9.95. The van der Waals surface area contributed by atoms with Gasteiger partial charge in [0.2, 0.25) is 5.91 Å². The molecule has 3 atom stereocenters. The Kier molecular flexibility index (Phi) is 6.47. The fourth-order valence-corrected chi connectivity index (χ4v) is 6.21. The summed E-state index contributed by atoms with van der Waals surface area (Å²) in [5.74, 6) is -1.42. The summed E-state index contributed by atoms with van der Waals surface area (Å²) in [5, 5.41) is 7.94. The minimum atomic E-state index is -2.73. The number of nitrogens with zero attached hydrogens (tertiary/aromatic N) is 5. The number of carbonyl (C=O) groups is 1. The van der Waals surface area contributed by atoms with Crippen LogP contribution in [0.4, 0.5) is 17.6 Å². The van der Waals surface area contributed by atoms with Crippen molar-refractivity contribution in [2.24, 2.45) is 5.92 Å². The van der Waals surface area contributed by atoms with Crippen molar-refractivity contribution in [2.45, 2.75) is 50.6 Å². The maximum atomic E-state index is 14.1. The van der Waals surface area contributed by atoms with Crippen LogP contribution >= 0.6 is 0 Å². The average molecular weight is 576 g/mol. The topological polar surface area (TPSA) is 101 Å². The van der Waals surface area contributed by atoms with Crippen molar-refractivity contribution in [2.75, 3.05) is 0 Å². The van der Waals surface area contributed by atoms with E-state index in [-0.39, 0.29) is 24.6 Å². The van der Waals surface area contributed by atoms with Gasteiger partial charge in [-0.25, -0.2) is 32.5 Å². The molecule has 0 saturated heterocycles. The molecule has 0 bridgehead atoms. The van der Waals surface area contributed by atoms with E-state index in [0.717, 1.165) is 24.3 Å². The van der Waals surface area contributed by atoms with Crippen molar-refractivity contribution in [3.05, 3.63) is 95.1 Å². The van der Waals surface area contributed by atoms with Gasteiger partial charge in [0.15, 0.2) is 0 Å². The first-order valence-electron chi connectivity index (χ1n) is 13.7. The zero-order chi connectivity index (χ0) is 29.0. The van der Waals surface area contributed by atoms with Gasteiger partial charge in [-0.15, -0.1) is 0 Å². The Morgan fingerprint density at radius 1 is 1.10 bits per heavy atom. The largest absolute Gasteiger partial charge is 0.346 e. The SMILES string of the molecule is O=C(Cn1nc(C(F)F)c2c1C1CC1CC2)NC(Cc1cc(F)cc(F)c1)c1ncncc1-c1cnc2[nH]ccc2c1. The lowest BCUT2D eigenvalue weighted by Crippen LogP contribution is -2.34. The quantitative estimate of drug-likeness (QED) is 0.235. The van der Waals surface area contributed by atoms with Gasteiger partial charge in [0, 0.05) is 58.3 Å². The molecular formula is C30H25F4N7O. The first-order valence-corrected chi connectivity index (χ1v) is 13.7. The van der Waals surface area contributed by atoms with Crippen LogP contribution in [0, 0.1) is 17.6 Å². The zero-order valence-electron chi connectivity index (χ0n) is 22.2. The van der Waals surface area contributed by atoms with Gasteiger partial charge < -0.3 is 10.3 Å². The monoisotopic (exact) mass is 575 g/mol. The molecular weight excluding hydrogens is 550 g/mol. The number of H-pyrrole nitrogens is 1. The Balaban J connectivity index is 1.24. The number of hydrogen-bond donors (Lipinski definition) is 2. The van der Waals surface area contributed by atoms with Crippen LogP contribution in [0.3, 0.4) is 0 Å². The van der Waals surface area contributed by atoms with E-state index in [9.17, 15) is 22.4 Å². The highest BCUT2D eigenvalue weighted by Crippen LogP contribution is 2.55. The molecule has 0 spiro atoms. The first kappa shape index (κ1) is 26.3. The van der Waals surface area contributed by atoms with Gasteiger partial charge in [-0.1, -0.05) is 0 Å². The predicted molar refractivity (Wildman–Crippen MR) is 144 cm³/mol. The summed E-state index contributed by atoms with van der Waals surface area (Å²) in [6, 6.07) is 6.10. The Morgan fingerprint density at radius 3 is 2.74 bits per heavy atom. The number of halogens is 4. The average Bonchev–Trinajstić information content (AvgIpc) is 3.43. The van der Waals surface area contributed by atoms with E-state index in [2.05, 4.69) is 30.4 Å². The highest BCUT2D eigenvalue weighted by Gasteiger charge is 2.46. The van der Waals surface area contributed by atoms with E-state index < -0.39 is 30.0 Å². The van der Waals surface area contributed by atoms with Crippen LogP contribution in [0.25, 0.3) is 22.2 Å². The van der Waals surface area contributed by atoms with Gasteiger partial charge in [0.1, 0.15) is 35.8 Å². The molecule has 0 aliphatic heterocycles. The highest BCUT2D eigenvalue weighted by atomic mass is 19.3. The third-order valence-corrected chi connectivity index (χ3v) is 8.15. The number of pyridine rings is 1. The van der Waals surface area contributed by atoms with Crippen molar-refractivity contribution < 1.29 is 22.4 Å². The molecule has 2 N–H and O–H groups in total. The molecule has 2 aliphatic carbocycles. The molecule has 0 radical (unpaired) electrons. The van der Waals surface area contributed by atoms with Crippen molar-refractivity contribution in [1.82, 2.24) is 35.0 Å². The van der Waals surface area contributed by atoms with Gasteiger partial charge in [-0.2, -0.15) is 5.10 Å². The van der Waals surface area contributed by atoms with Crippen LogP contribution in [0.15, 0.2) is 55.2 Å². The number of amides is 1. The molecule has 2 aliphatic rings. The number of rotatable bonds is 8. The second-order valence-corrected chi connectivity index (χ2v) is 10.9. The number of alkyl halides is 2. The Labute approximate surface area is 237 Å². The number of aromatic nitrogens is 6. The fraction of sp³-hybridized carbons (Fsp3) is 0.300. The second-order valence-electron chi connectivity index (χ2n) is 10.9. The maximum absolute atomic E-state index is 14.1. The molecule has 5 aromatic rings. The maximum Gasteiger partial charge on any atom is 0.282 e. The second kappa shape index (κ2) is 10.3. The van der Waals surface area contributed by atoms with Gasteiger partial charge in [0.25, 0.3) is 6.43 Å². The third kappa shape index (κ3) is 4.90. The summed E-state index contributed by atoms with van der Waals surface area (Å²) >= 11 is 0. The van der Waals surface area contributed by atoms with Crippen LogP contribution in [-0.2, 0) is 24.2 Å². The fourth-order valence-electron chi connectivity index (χ4n) is 6.21. The Morgan fingerprint density at radius 2 is 1.93 bits per heavy atom. The summed E-state index contributed by atoms with van der Waals surface area (Å²) in [6.45, 7) is -0.274. The van der Waals surface area contributed by atoms with Crippen LogP contribution < -0.4 is 5.32 Å². The summed E-state index contributed by atoms with van der Waals surface area (Å²) in [4.78, 5) is 29.6. The highest BCUT2D eigenvalue weighted by molar-refractivity contribution is 5.82. The van der Waals surface area contributed by atoms with Gasteiger partial charge in [-0.3, -0.25) is 9.48 Å². The van der Waals surface area contributed by atoms with Crippen LogP contribution in [0.5, 0.6) is 0 Å². The number of benzene rings is 1. The van der Waals surface area contributed by atoms with Crippen LogP contribution in [0.2, 0.25) is 0 Å². The van der Waals surface area contributed by atoms with Crippen molar-refractivity contribution in [3.63, 3.8) is 0 Å². The Bertz CT molecular complexity index is 1800. The van der Waals surface area contributed by atoms with Crippen molar-refractivity contribution in [1.29, 1.82) is 0 Å². The standard InChI is InChI=1S/C30H25F4N7O/c31-19-5-15(6-20(32)10-19)7-24(26-23(12-35-14-38-26)18-8-17-3-4-36-30(17)37-11-18)39-25(42)13-41-28-21(27(40-41)29(33)34)2-1-16-9-22(16)28/h3-6,8,10-12,14,16,22,24,29H,1-2,7,9,13H2,(H,36,37)(H,39,42). The van der Waals surface area contributed by atoms with E-state index in [1.54, 1.807) is 18.6 Å². The molecule has 3 unspecified atom stereocenters. The van der Waals surface area contributed by atoms with Crippen molar-refractivity contribution >= 4 is 16.9 Å². The number of hydrogen-bond acceptors (Lipinski definition) is 5. The van der Waals surface area contributed by atoms with E-state index in [1.807, 2.05) is 12.1 Å². The summed E-state index contributed by atoms with van der Waals surface area (Å²) < 4.78 is 57.3. The van der Waals surface area contributed by atoms with E-state index in [4.69, 9.17) is 0 Å². The number of fused-ring (bicyclic) bond motifs is 4. The molecule has 1 amide bonds. The van der Waals surface area contributed by atoms with E-state index in [1.165, 1.54) is 23.1 Å². The number of carbonyl (C=O) groups excluding carboxylic acids is 1. The molecule has 214 valence electrons. The summed E-state index contributed by atoms with van der Waals surface area (Å²) in [5.41, 5.74) is 3.68. The Hall–Kier alpha value is -4.61. The van der Waals surface area contributed by atoms with Gasteiger partial charge >= 0.3 is 0 Å². The third-order valence-electron chi connectivity index (χ3n) is 8.15. The molecule has 1 aromatic carbocycles.